The molecule has 0 aliphatic carbocycles. The zero-order valence-corrected chi connectivity index (χ0v) is 12.6. The number of sulfonamides is 1. The molecule has 19 heavy (non-hydrogen) atoms. The molecule has 0 saturated carbocycles. The average molecular weight is 325 g/mol. The Hall–Kier alpha value is -0.820. The topological polar surface area (TPSA) is 75.3 Å². The quantitative estimate of drug-likeness (QED) is 0.842. The fourth-order valence-corrected chi connectivity index (χ4v) is 2.63. The molecule has 1 aromatic carbocycles. The smallest absolute Gasteiger partial charge is 0.239 e. The van der Waals surface area contributed by atoms with Gasteiger partial charge in [0.25, 0.3) is 0 Å². The summed E-state index contributed by atoms with van der Waals surface area (Å²) < 4.78 is 24.9. The van der Waals surface area contributed by atoms with Crippen LogP contribution in [0.3, 0.4) is 0 Å². The third-order valence-corrected chi connectivity index (χ3v) is 4.40. The average Bonchev–Trinajstić information content (AvgIpc) is 2.32. The molecule has 0 aliphatic heterocycles. The summed E-state index contributed by atoms with van der Waals surface area (Å²) in [7, 11) is -3.39. The van der Waals surface area contributed by atoms with Crippen LogP contribution in [0.1, 0.15) is 13.3 Å². The van der Waals surface area contributed by atoms with Gasteiger partial charge >= 0.3 is 0 Å². The Morgan fingerprint density at radius 2 is 1.95 bits per heavy atom. The van der Waals surface area contributed by atoms with Crippen LogP contribution in [0.2, 0.25) is 10.0 Å². The van der Waals surface area contributed by atoms with Crippen LogP contribution >= 0.6 is 23.2 Å². The SMILES string of the molecule is CCCS(=O)(=O)NCC(=O)Nc1ccc(Cl)c(Cl)c1. The number of amides is 1. The molecule has 0 fully saturated rings. The Morgan fingerprint density at radius 1 is 1.26 bits per heavy atom. The summed E-state index contributed by atoms with van der Waals surface area (Å²) >= 11 is 11.5. The molecule has 5 nitrogen and oxygen atoms in total. The van der Waals surface area contributed by atoms with Gasteiger partial charge in [0.05, 0.1) is 22.3 Å². The molecular weight excluding hydrogens is 311 g/mol. The van der Waals surface area contributed by atoms with E-state index in [1.54, 1.807) is 19.1 Å². The highest BCUT2D eigenvalue weighted by molar-refractivity contribution is 7.89. The van der Waals surface area contributed by atoms with Crippen molar-refractivity contribution in [2.45, 2.75) is 13.3 Å². The lowest BCUT2D eigenvalue weighted by atomic mass is 10.3. The van der Waals surface area contributed by atoms with Crippen molar-refractivity contribution in [1.82, 2.24) is 4.72 Å². The van der Waals surface area contributed by atoms with Gasteiger partial charge in [-0.1, -0.05) is 30.1 Å². The first-order chi connectivity index (χ1) is 8.84. The number of carbonyl (C=O) groups is 1. The molecular formula is C11H14Cl2N2O3S. The number of carbonyl (C=O) groups excluding carboxylic acids is 1. The predicted molar refractivity (Wildman–Crippen MR) is 77.2 cm³/mol. The van der Waals surface area contributed by atoms with Gasteiger partial charge in [0.1, 0.15) is 0 Å². The summed E-state index contributed by atoms with van der Waals surface area (Å²) in [5, 5.41) is 3.20. The fraction of sp³-hybridized carbons (Fsp3) is 0.364. The van der Waals surface area contributed by atoms with Gasteiger partial charge < -0.3 is 5.32 Å². The Kier molecular flexibility index (Phi) is 6.06. The van der Waals surface area contributed by atoms with Crippen molar-refractivity contribution in [3.05, 3.63) is 28.2 Å². The van der Waals surface area contributed by atoms with Crippen LogP contribution in [0, 0.1) is 0 Å². The first-order valence-corrected chi connectivity index (χ1v) is 7.97. The minimum atomic E-state index is -3.39. The second kappa shape index (κ2) is 7.09. The van der Waals surface area contributed by atoms with Gasteiger partial charge in [-0.15, -0.1) is 0 Å². The number of hydrogen-bond acceptors (Lipinski definition) is 3. The summed E-state index contributed by atoms with van der Waals surface area (Å²) in [5.41, 5.74) is 0.453. The van der Waals surface area contributed by atoms with E-state index in [-0.39, 0.29) is 12.3 Å². The van der Waals surface area contributed by atoms with Crippen molar-refractivity contribution in [2.75, 3.05) is 17.6 Å². The molecule has 1 aromatic rings. The molecule has 8 heteroatoms. The summed E-state index contributed by atoms with van der Waals surface area (Å²) in [6.45, 7) is 1.43. The van der Waals surface area contributed by atoms with Crippen LogP contribution in [0.15, 0.2) is 18.2 Å². The van der Waals surface area contributed by atoms with Crippen LogP contribution in [-0.4, -0.2) is 26.6 Å². The Balaban J connectivity index is 2.54. The lowest BCUT2D eigenvalue weighted by Gasteiger charge is -2.07. The minimum Gasteiger partial charge on any atom is -0.325 e. The van der Waals surface area contributed by atoms with Crippen LogP contribution in [0.5, 0.6) is 0 Å². The first kappa shape index (κ1) is 16.2. The van der Waals surface area contributed by atoms with Gasteiger partial charge in [-0.3, -0.25) is 4.79 Å². The number of halogens is 2. The van der Waals surface area contributed by atoms with Gasteiger partial charge in [0, 0.05) is 5.69 Å². The van der Waals surface area contributed by atoms with E-state index in [0.717, 1.165) is 0 Å². The standard InChI is InChI=1S/C11H14Cl2N2O3S/c1-2-5-19(17,18)14-7-11(16)15-8-3-4-9(12)10(13)6-8/h3-4,6,14H,2,5,7H2,1H3,(H,15,16). The first-order valence-electron chi connectivity index (χ1n) is 5.56. The summed E-state index contributed by atoms with van der Waals surface area (Å²) in [6, 6.07) is 4.61. The zero-order chi connectivity index (χ0) is 14.5. The molecule has 106 valence electrons. The highest BCUT2D eigenvalue weighted by Gasteiger charge is 2.11. The molecule has 0 unspecified atom stereocenters. The maximum absolute atomic E-state index is 11.5. The molecule has 0 radical (unpaired) electrons. The van der Waals surface area contributed by atoms with Gasteiger partial charge in [0.15, 0.2) is 0 Å². The predicted octanol–water partition coefficient (Wildman–Crippen LogP) is 2.26. The van der Waals surface area contributed by atoms with E-state index in [1.165, 1.54) is 6.07 Å². The van der Waals surface area contributed by atoms with Gasteiger partial charge in [0.2, 0.25) is 15.9 Å². The maximum atomic E-state index is 11.5. The molecule has 1 rings (SSSR count). The lowest BCUT2D eigenvalue weighted by molar-refractivity contribution is -0.115. The Morgan fingerprint density at radius 3 is 2.53 bits per heavy atom. The molecule has 0 bridgehead atoms. The molecule has 2 N–H and O–H groups in total. The number of hydrogen-bond donors (Lipinski definition) is 2. The van der Waals surface area contributed by atoms with Crippen LogP contribution in [0.25, 0.3) is 0 Å². The van der Waals surface area contributed by atoms with Crippen molar-refractivity contribution < 1.29 is 13.2 Å². The van der Waals surface area contributed by atoms with Crippen molar-refractivity contribution in [3.8, 4) is 0 Å². The molecule has 0 aliphatic rings. The summed E-state index contributed by atoms with van der Waals surface area (Å²) in [6.07, 6.45) is 0.490. The van der Waals surface area contributed by atoms with Crippen molar-refractivity contribution >= 4 is 44.8 Å². The van der Waals surface area contributed by atoms with E-state index in [0.29, 0.717) is 22.2 Å². The number of anilines is 1. The van der Waals surface area contributed by atoms with Crippen molar-refractivity contribution in [2.24, 2.45) is 0 Å². The molecule has 0 atom stereocenters. The molecule has 0 saturated heterocycles. The van der Waals surface area contributed by atoms with Crippen LogP contribution < -0.4 is 10.0 Å². The Bertz CT molecular complexity index is 561. The third-order valence-electron chi connectivity index (χ3n) is 2.13. The molecule has 0 heterocycles. The van der Waals surface area contributed by atoms with Crippen molar-refractivity contribution in [1.29, 1.82) is 0 Å². The van der Waals surface area contributed by atoms with E-state index >= 15 is 0 Å². The van der Waals surface area contributed by atoms with E-state index in [1.807, 2.05) is 0 Å². The van der Waals surface area contributed by atoms with E-state index in [2.05, 4.69) is 10.0 Å². The van der Waals surface area contributed by atoms with Crippen LogP contribution in [-0.2, 0) is 14.8 Å². The van der Waals surface area contributed by atoms with Gasteiger partial charge in [-0.2, -0.15) is 0 Å². The number of rotatable bonds is 6. The monoisotopic (exact) mass is 324 g/mol. The van der Waals surface area contributed by atoms with Gasteiger partial charge in [-0.05, 0) is 24.6 Å². The largest absolute Gasteiger partial charge is 0.325 e. The lowest BCUT2D eigenvalue weighted by Crippen LogP contribution is -2.34. The minimum absolute atomic E-state index is 0.00689. The molecule has 1 amide bonds. The zero-order valence-electron chi connectivity index (χ0n) is 10.2. The normalized spacial score (nSPS) is 11.3. The van der Waals surface area contributed by atoms with E-state index in [9.17, 15) is 13.2 Å². The van der Waals surface area contributed by atoms with Crippen LogP contribution in [0.4, 0.5) is 5.69 Å². The molecule has 0 spiro atoms. The van der Waals surface area contributed by atoms with E-state index < -0.39 is 15.9 Å². The second-order valence-corrected chi connectivity index (χ2v) is 6.56. The highest BCUT2D eigenvalue weighted by Crippen LogP contribution is 2.24. The van der Waals surface area contributed by atoms with Crippen molar-refractivity contribution in [3.63, 3.8) is 0 Å². The second-order valence-electron chi connectivity index (χ2n) is 3.82. The summed E-state index contributed by atoms with van der Waals surface area (Å²) in [4.78, 5) is 11.5. The molecule has 0 aromatic heterocycles. The number of nitrogens with one attached hydrogen (secondary N) is 2. The fourth-order valence-electron chi connectivity index (χ4n) is 1.30. The maximum Gasteiger partial charge on any atom is 0.239 e. The van der Waals surface area contributed by atoms with Gasteiger partial charge in [-0.25, -0.2) is 13.1 Å². The van der Waals surface area contributed by atoms with E-state index in [4.69, 9.17) is 23.2 Å². The highest BCUT2D eigenvalue weighted by atomic mass is 35.5. The summed E-state index contributed by atoms with van der Waals surface area (Å²) in [5.74, 6) is -0.481. The number of benzene rings is 1. The third kappa shape index (κ3) is 5.78. The Labute approximate surface area is 122 Å².